The van der Waals surface area contributed by atoms with Crippen molar-refractivity contribution in [2.45, 2.75) is 0 Å². The lowest BCUT2D eigenvalue weighted by molar-refractivity contribution is 0.473. The fourth-order valence-corrected chi connectivity index (χ4v) is 2.22. The Hall–Kier alpha value is -2.81. The zero-order valence-electron chi connectivity index (χ0n) is 10.7. The Morgan fingerprint density at radius 2 is 1.40 bits per heavy atom. The van der Waals surface area contributed by atoms with E-state index in [0.717, 1.165) is 11.3 Å². The second-order valence-corrected chi connectivity index (χ2v) is 4.47. The molecule has 1 N–H and O–H groups in total. The van der Waals surface area contributed by atoms with Crippen molar-refractivity contribution in [3.8, 4) is 22.7 Å². The van der Waals surface area contributed by atoms with Gasteiger partial charge in [0.1, 0.15) is 5.75 Å². The van der Waals surface area contributed by atoms with Crippen molar-refractivity contribution in [2.75, 3.05) is 0 Å². The largest absolute Gasteiger partial charge is 0.508 e. The first-order chi connectivity index (χ1) is 9.75. The van der Waals surface area contributed by atoms with Gasteiger partial charge in [-0.2, -0.15) is 0 Å². The first-order valence-electron chi connectivity index (χ1n) is 6.32. The summed E-state index contributed by atoms with van der Waals surface area (Å²) in [5.74, 6) is -0.0268. The summed E-state index contributed by atoms with van der Waals surface area (Å²) in [6, 6.07) is 21.7. The van der Waals surface area contributed by atoms with E-state index >= 15 is 0 Å². The van der Waals surface area contributed by atoms with Gasteiger partial charge < -0.3 is 5.11 Å². The van der Waals surface area contributed by atoms with Crippen LogP contribution in [0.2, 0.25) is 0 Å². The Balaban J connectivity index is 2.32. The summed E-state index contributed by atoms with van der Waals surface area (Å²) in [7, 11) is 0. The maximum atomic E-state index is 12.2. The highest BCUT2D eigenvalue weighted by Crippen LogP contribution is 2.24. The Morgan fingerprint density at radius 1 is 0.800 bits per heavy atom. The Bertz CT molecular complexity index is 777. The summed E-state index contributed by atoms with van der Waals surface area (Å²) in [4.78, 5) is 12.2. The Labute approximate surface area is 116 Å². The van der Waals surface area contributed by atoms with E-state index in [0.29, 0.717) is 5.69 Å². The maximum Gasteiger partial charge on any atom is 0.259 e. The highest BCUT2D eigenvalue weighted by Gasteiger charge is 2.10. The normalized spacial score (nSPS) is 10.4. The second-order valence-electron chi connectivity index (χ2n) is 4.47. The van der Waals surface area contributed by atoms with Gasteiger partial charge in [-0.25, -0.2) is 0 Å². The predicted molar refractivity (Wildman–Crippen MR) is 79.1 cm³/mol. The summed E-state index contributed by atoms with van der Waals surface area (Å²) in [5, 5.41) is 9.71. The van der Waals surface area contributed by atoms with Crippen LogP contribution in [0.3, 0.4) is 0 Å². The summed E-state index contributed by atoms with van der Waals surface area (Å²) >= 11 is 0. The van der Waals surface area contributed by atoms with Gasteiger partial charge in [0.25, 0.3) is 5.56 Å². The Morgan fingerprint density at radius 3 is 2.05 bits per heavy atom. The predicted octanol–water partition coefficient (Wildman–Crippen LogP) is 3.21. The molecule has 3 rings (SSSR count). The Kier molecular flexibility index (Phi) is 3.09. The van der Waals surface area contributed by atoms with Crippen molar-refractivity contribution in [1.82, 2.24) is 4.57 Å². The third-order valence-corrected chi connectivity index (χ3v) is 3.10. The van der Waals surface area contributed by atoms with Crippen LogP contribution in [0.4, 0.5) is 0 Å². The molecule has 3 aromatic rings. The minimum absolute atomic E-state index is 0.0268. The fourth-order valence-electron chi connectivity index (χ4n) is 2.22. The molecular formula is C17H13NO2. The number of pyridine rings is 1. The van der Waals surface area contributed by atoms with Crippen molar-refractivity contribution >= 4 is 0 Å². The van der Waals surface area contributed by atoms with E-state index in [2.05, 4.69) is 0 Å². The van der Waals surface area contributed by atoms with Crippen LogP contribution in [0.5, 0.6) is 5.75 Å². The summed E-state index contributed by atoms with van der Waals surface area (Å²) in [6.45, 7) is 0. The smallest absolute Gasteiger partial charge is 0.259 e. The minimum Gasteiger partial charge on any atom is -0.508 e. The SMILES string of the molecule is O=c1cc(O)cc(-c2ccccc2)n1-c1ccccc1. The third kappa shape index (κ3) is 2.21. The van der Waals surface area contributed by atoms with E-state index in [1.54, 1.807) is 10.6 Å². The van der Waals surface area contributed by atoms with E-state index in [-0.39, 0.29) is 11.3 Å². The van der Waals surface area contributed by atoms with Crippen LogP contribution in [0, 0.1) is 0 Å². The molecule has 98 valence electrons. The van der Waals surface area contributed by atoms with Gasteiger partial charge in [0, 0.05) is 17.8 Å². The molecule has 0 saturated heterocycles. The number of hydrogen-bond acceptors (Lipinski definition) is 2. The number of nitrogens with zero attached hydrogens (tertiary/aromatic N) is 1. The molecule has 3 heteroatoms. The van der Waals surface area contributed by atoms with Crippen molar-refractivity contribution in [3.63, 3.8) is 0 Å². The molecule has 2 aromatic carbocycles. The number of aromatic hydroxyl groups is 1. The molecule has 3 nitrogen and oxygen atoms in total. The number of hydrogen-bond donors (Lipinski definition) is 1. The monoisotopic (exact) mass is 263 g/mol. The highest BCUT2D eigenvalue weighted by molar-refractivity contribution is 5.63. The molecule has 0 atom stereocenters. The molecule has 0 saturated carbocycles. The van der Waals surface area contributed by atoms with Crippen molar-refractivity contribution in [2.24, 2.45) is 0 Å². The van der Waals surface area contributed by atoms with Gasteiger partial charge in [-0.3, -0.25) is 9.36 Å². The van der Waals surface area contributed by atoms with E-state index in [4.69, 9.17) is 0 Å². The van der Waals surface area contributed by atoms with Crippen molar-refractivity contribution in [1.29, 1.82) is 0 Å². The molecule has 0 aliphatic carbocycles. The van der Waals surface area contributed by atoms with Gasteiger partial charge in [-0.1, -0.05) is 48.5 Å². The van der Waals surface area contributed by atoms with E-state index in [1.807, 2.05) is 60.7 Å². The lowest BCUT2D eigenvalue weighted by atomic mass is 10.1. The van der Waals surface area contributed by atoms with Crippen LogP contribution in [0.1, 0.15) is 0 Å². The maximum absolute atomic E-state index is 12.2. The van der Waals surface area contributed by atoms with Crippen LogP contribution in [0.15, 0.2) is 77.6 Å². The summed E-state index contributed by atoms with van der Waals surface area (Å²) in [6.07, 6.45) is 0. The highest BCUT2D eigenvalue weighted by atomic mass is 16.3. The molecule has 0 fully saturated rings. The van der Waals surface area contributed by atoms with Crippen molar-refractivity contribution < 1.29 is 5.11 Å². The lowest BCUT2D eigenvalue weighted by Crippen LogP contribution is -2.18. The first-order valence-corrected chi connectivity index (χ1v) is 6.32. The van der Waals surface area contributed by atoms with Crippen LogP contribution in [-0.2, 0) is 0 Å². The topological polar surface area (TPSA) is 42.2 Å². The van der Waals surface area contributed by atoms with Crippen LogP contribution in [0.25, 0.3) is 16.9 Å². The molecule has 0 aliphatic heterocycles. The molecule has 20 heavy (non-hydrogen) atoms. The summed E-state index contributed by atoms with van der Waals surface area (Å²) in [5.41, 5.74) is 2.07. The fraction of sp³-hybridized carbons (Fsp3) is 0. The standard InChI is InChI=1S/C17H13NO2/c19-15-11-16(13-7-3-1-4-8-13)18(17(20)12-15)14-9-5-2-6-10-14/h1-12,19H. The van der Waals surface area contributed by atoms with Crippen LogP contribution in [-0.4, -0.2) is 9.67 Å². The summed E-state index contributed by atoms with van der Waals surface area (Å²) < 4.78 is 1.59. The van der Waals surface area contributed by atoms with Crippen molar-refractivity contribution in [3.05, 3.63) is 83.2 Å². The molecule has 1 heterocycles. The molecule has 0 radical (unpaired) electrons. The third-order valence-electron chi connectivity index (χ3n) is 3.10. The molecule has 0 bridgehead atoms. The van der Waals surface area contributed by atoms with Gasteiger partial charge in [0.15, 0.2) is 0 Å². The van der Waals surface area contributed by atoms with E-state index in [1.165, 1.54) is 6.07 Å². The average molecular weight is 263 g/mol. The minimum atomic E-state index is -0.255. The molecule has 0 spiro atoms. The van der Waals surface area contributed by atoms with Gasteiger partial charge in [0.2, 0.25) is 0 Å². The number of benzene rings is 2. The number of aromatic nitrogens is 1. The van der Waals surface area contributed by atoms with Gasteiger partial charge in [-0.15, -0.1) is 0 Å². The van der Waals surface area contributed by atoms with Gasteiger partial charge in [-0.05, 0) is 17.7 Å². The molecule has 0 aliphatic rings. The molecule has 0 unspecified atom stereocenters. The quantitative estimate of drug-likeness (QED) is 0.771. The lowest BCUT2D eigenvalue weighted by Gasteiger charge is -2.13. The zero-order valence-corrected chi connectivity index (χ0v) is 10.7. The number of rotatable bonds is 2. The van der Waals surface area contributed by atoms with E-state index in [9.17, 15) is 9.90 Å². The molecule has 1 aromatic heterocycles. The molecule has 0 amide bonds. The van der Waals surface area contributed by atoms with Crippen LogP contribution < -0.4 is 5.56 Å². The average Bonchev–Trinajstić information content (AvgIpc) is 2.48. The second kappa shape index (κ2) is 5.05. The van der Waals surface area contributed by atoms with Crippen LogP contribution >= 0.6 is 0 Å². The zero-order chi connectivity index (χ0) is 13.9. The van der Waals surface area contributed by atoms with E-state index < -0.39 is 0 Å². The first kappa shape index (κ1) is 12.2. The molecular weight excluding hydrogens is 250 g/mol. The van der Waals surface area contributed by atoms with Gasteiger partial charge in [0.05, 0.1) is 5.69 Å². The van der Waals surface area contributed by atoms with Gasteiger partial charge >= 0.3 is 0 Å². The number of para-hydroxylation sites is 1.